The lowest BCUT2D eigenvalue weighted by molar-refractivity contribution is -0.0499. The molecule has 0 N–H and O–H groups in total. The van der Waals surface area contributed by atoms with E-state index in [1.165, 1.54) is 13.0 Å². The molecule has 104 valence electrons. The van der Waals surface area contributed by atoms with Crippen molar-refractivity contribution in [1.29, 1.82) is 0 Å². The molecule has 0 aliphatic rings. The van der Waals surface area contributed by atoms with E-state index >= 15 is 0 Å². The van der Waals surface area contributed by atoms with Crippen molar-refractivity contribution >= 4 is 21.2 Å². The van der Waals surface area contributed by atoms with Gasteiger partial charge in [-0.2, -0.15) is 21.6 Å². The summed E-state index contributed by atoms with van der Waals surface area (Å²) in [5.74, 6) is -0.320. The number of alkyl halides is 3. The van der Waals surface area contributed by atoms with Crippen LogP contribution in [0.1, 0.15) is 11.5 Å². The van der Waals surface area contributed by atoms with Gasteiger partial charge in [-0.05, 0) is 24.6 Å². The summed E-state index contributed by atoms with van der Waals surface area (Å²) < 4.78 is 68.0. The Bertz CT molecular complexity index is 733. The largest absolute Gasteiger partial charge is 0.534 e. The molecule has 2 rings (SSSR count). The van der Waals surface area contributed by atoms with Gasteiger partial charge in [-0.25, -0.2) is 4.98 Å². The normalized spacial score (nSPS) is 12.9. The molecule has 1 aromatic heterocycles. The number of nitrogens with zero attached hydrogens (tertiary/aromatic N) is 1. The van der Waals surface area contributed by atoms with Crippen LogP contribution in [0.3, 0.4) is 0 Å². The van der Waals surface area contributed by atoms with E-state index in [-0.39, 0.29) is 17.0 Å². The predicted molar refractivity (Wildman–Crippen MR) is 59.1 cm³/mol. The maximum absolute atomic E-state index is 12.3. The van der Waals surface area contributed by atoms with E-state index in [9.17, 15) is 21.6 Å². The van der Waals surface area contributed by atoms with Gasteiger partial charge in [-0.3, -0.25) is 0 Å². The van der Waals surface area contributed by atoms with E-state index in [4.69, 9.17) is 4.42 Å². The van der Waals surface area contributed by atoms with Crippen LogP contribution in [0.25, 0.3) is 11.1 Å². The van der Waals surface area contributed by atoms with Gasteiger partial charge in [0, 0.05) is 6.92 Å². The van der Waals surface area contributed by atoms with E-state index in [0.29, 0.717) is 5.56 Å². The summed E-state index contributed by atoms with van der Waals surface area (Å²) in [6, 6.07) is 2.66. The maximum atomic E-state index is 12.3. The molecule has 0 unspecified atom stereocenters. The van der Waals surface area contributed by atoms with Gasteiger partial charge in [0.05, 0.1) is 0 Å². The maximum Gasteiger partial charge on any atom is 0.534 e. The SMILES string of the molecule is Cc1cc(OS(=O)(=O)C(F)(F)F)c2nc(C)oc2c1. The smallest absolute Gasteiger partial charge is 0.441 e. The van der Waals surface area contributed by atoms with Crippen LogP contribution in [-0.2, 0) is 10.1 Å². The summed E-state index contributed by atoms with van der Waals surface area (Å²) in [7, 11) is -5.73. The van der Waals surface area contributed by atoms with E-state index in [1.54, 1.807) is 6.92 Å². The second-order valence-corrected chi connectivity index (χ2v) is 5.36. The molecule has 0 saturated carbocycles. The van der Waals surface area contributed by atoms with Gasteiger partial charge in [-0.1, -0.05) is 0 Å². The average molecular weight is 295 g/mol. The van der Waals surface area contributed by atoms with Crippen LogP contribution in [0.4, 0.5) is 13.2 Å². The second kappa shape index (κ2) is 4.12. The number of aromatic nitrogens is 1. The zero-order valence-corrected chi connectivity index (χ0v) is 10.6. The van der Waals surface area contributed by atoms with E-state index in [0.717, 1.165) is 6.07 Å². The highest BCUT2D eigenvalue weighted by atomic mass is 32.2. The molecule has 0 amide bonds. The van der Waals surface area contributed by atoms with Crippen molar-refractivity contribution in [1.82, 2.24) is 4.98 Å². The predicted octanol–water partition coefficient (Wildman–Crippen LogP) is 2.67. The monoisotopic (exact) mass is 295 g/mol. The Morgan fingerprint density at radius 2 is 1.89 bits per heavy atom. The van der Waals surface area contributed by atoms with Crippen LogP contribution in [0.5, 0.6) is 5.75 Å². The summed E-state index contributed by atoms with van der Waals surface area (Å²) >= 11 is 0. The molecule has 0 atom stereocenters. The Kier molecular flexibility index (Phi) is 2.96. The van der Waals surface area contributed by atoms with Crippen molar-refractivity contribution in [3.05, 3.63) is 23.6 Å². The van der Waals surface area contributed by atoms with Crippen LogP contribution in [0, 0.1) is 13.8 Å². The Labute approximate surface area is 106 Å². The molecule has 0 radical (unpaired) electrons. The van der Waals surface area contributed by atoms with Crippen molar-refractivity contribution in [2.75, 3.05) is 0 Å². The van der Waals surface area contributed by atoms with E-state index in [1.807, 2.05) is 0 Å². The summed E-state index contributed by atoms with van der Waals surface area (Å²) in [5.41, 5.74) is -4.93. The minimum atomic E-state index is -5.73. The van der Waals surface area contributed by atoms with Gasteiger partial charge in [0.1, 0.15) is 0 Å². The summed E-state index contributed by atoms with van der Waals surface area (Å²) in [6.45, 7) is 3.04. The van der Waals surface area contributed by atoms with Crippen LogP contribution >= 0.6 is 0 Å². The number of hydrogen-bond donors (Lipinski definition) is 0. The van der Waals surface area contributed by atoms with Gasteiger partial charge in [-0.15, -0.1) is 0 Å². The zero-order valence-electron chi connectivity index (χ0n) is 9.78. The lowest BCUT2D eigenvalue weighted by atomic mass is 10.2. The number of aryl methyl sites for hydroxylation is 2. The average Bonchev–Trinajstić information content (AvgIpc) is 2.56. The lowest BCUT2D eigenvalue weighted by Gasteiger charge is -2.09. The second-order valence-electron chi connectivity index (χ2n) is 3.83. The van der Waals surface area contributed by atoms with Crippen LogP contribution in [0.2, 0.25) is 0 Å². The number of fused-ring (bicyclic) bond motifs is 1. The fourth-order valence-electron chi connectivity index (χ4n) is 1.47. The Hall–Kier alpha value is -1.77. The van der Waals surface area contributed by atoms with Crippen LogP contribution in [0.15, 0.2) is 16.5 Å². The zero-order chi connectivity index (χ0) is 14.4. The fourth-order valence-corrected chi connectivity index (χ4v) is 1.93. The van der Waals surface area contributed by atoms with Gasteiger partial charge in [0.15, 0.2) is 22.7 Å². The third kappa shape index (κ3) is 2.50. The fraction of sp³-hybridized carbons (Fsp3) is 0.300. The first kappa shape index (κ1) is 13.7. The topological polar surface area (TPSA) is 69.4 Å². The van der Waals surface area contributed by atoms with E-state index in [2.05, 4.69) is 9.17 Å². The first-order chi connectivity index (χ1) is 8.60. The van der Waals surface area contributed by atoms with Crippen molar-refractivity contribution < 1.29 is 30.2 Å². The number of oxazole rings is 1. The van der Waals surface area contributed by atoms with Gasteiger partial charge < -0.3 is 8.60 Å². The molecular formula is C10H8F3NO4S. The van der Waals surface area contributed by atoms with Crippen molar-refractivity contribution in [3.8, 4) is 5.75 Å². The molecule has 2 aromatic rings. The molecule has 19 heavy (non-hydrogen) atoms. The van der Waals surface area contributed by atoms with E-state index < -0.39 is 21.4 Å². The minimum Gasteiger partial charge on any atom is -0.441 e. The molecule has 0 aliphatic carbocycles. The van der Waals surface area contributed by atoms with Crippen LogP contribution < -0.4 is 4.18 Å². The number of halogens is 3. The third-order valence-electron chi connectivity index (χ3n) is 2.19. The Morgan fingerprint density at radius 1 is 1.26 bits per heavy atom. The van der Waals surface area contributed by atoms with Crippen LogP contribution in [-0.4, -0.2) is 18.9 Å². The summed E-state index contributed by atoms with van der Waals surface area (Å²) in [6.07, 6.45) is 0. The first-order valence-corrected chi connectivity index (χ1v) is 6.39. The first-order valence-electron chi connectivity index (χ1n) is 4.99. The molecule has 1 heterocycles. The Morgan fingerprint density at radius 3 is 2.47 bits per heavy atom. The minimum absolute atomic E-state index is 0.0732. The molecule has 1 aromatic carbocycles. The molecule has 0 bridgehead atoms. The molecule has 0 fully saturated rings. The highest BCUT2D eigenvalue weighted by molar-refractivity contribution is 7.88. The van der Waals surface area contributed by atoms with Crippen molar-refractivity contribution in [3.63, 3.8) is 0 Å². The molecule has 9 heteroatoms. The van der Waals surface area contributed by atoms with Crippen molar-refractivity contribution in [2.24, 2.45) is 0 Å². The number of hydrogen-bond acceptors (Lipinski definition) is 5. The summed E-state index contributed by atoms with van der Waals surface area (Å²) in [5, 5.41) is 0. The third-order valence-corrected chi connectivity index (χ3v) is 3.16. The molecule has 5 nitrogen and oxygen atoms in total. The molecular weight excluding hydrogens is 287 g/mol. The van der Waals surface area contributed by atoms with Gasteiger partial charge in [0.25, 0.3) is 0 Å². The summed E-state index contributed by atoms with van der Waals surface area (Å²) in [4.78, 5) is 3.80. The molecule has 0 aliphatic heterocycles. The number of benzene rings is 1. The number of rotatable bonds is 2. The van der Waals surface area contributed by atoms with Gasteiger partial charge >= 0.3 is 15.6 Å². The highest BCUT2D eigenvalue weighted by Gasteiger charge is 2.48. The lowest BCUT2D eigenvalue weighted by Crippen LogP contribution is -2.28. The standard InChI is InChI=1S/C10H8F3NO4S/c1-5-3-7-9(14-6(2)17-7)8(4-5)18-19(15,16)10(11,12)13/h3-4H,1-2H3. The highest BCUT2D eigenvalue weighted by Crippen LogP contribution is 2.32. The quantitative estimate of drug-likeness (QED) is 0.629. The molecule has 0 saturated heterocycles. The van der Waals surface area contributed by atoms with Crippen molar-refractivity contribution in [2.45, 2.75) is 19.4 Å². The Balaban J connectivity index is 2.58. The van der Waals surface area contributed by atoms with Gasteiger partial charge in [0.2, 0.25) is 0 Å². The molecule has 0 spiro atoms.